The minimum atomic E-state index is 0.00638. The fraction of sp³-hybridized carbons (Fsp3) is 0.273. The Labute approximate surface area is 159 Å². The first-order valence-corrected chi connectivity index (χ1v) is 9.18. The van der Waals surface area contributed by atoms with Crippen LogP contribution in [0.3, 0.4) is 0 Å². The number of rotatable bonds is 6. The first-order chi connectivity index (χ1) is 13.2. The van der Waals surface area contributed by atoms with Gasteiger partial charge in [-0.25, -0.2) is 0 Å². The zero-order valence-corrected chi connectivity index (χ0v) is 15.6. The molecule has 2 aromatic carbocycles. The van der Waals surface area contributed by atoms with Crippen molar-refractivity contribution in [2.75, 3.05) is 0 Å². The Bertz CT molecular complexity index is 947. The van der Waals surface area contributed by atoms with Crippen LogP contribution in [0.1, 0.15) is 28.9 Å². The molecule has 1 aliphatic heterocycles. The number of oxime groups is 1. The van der Waals surface area contributed by atoms with Crippen LogP contribution in [0.15, 0.2) is 65.8 Å². The lowest BCUT2D eigenvalue weighted by atomic mass is 10.0. The quantitative estimate of drug-likeness (QED) is 0.659. The first-order valence-electron chi connectivity index (χ1n) is 9.18. The fourth-order valence-electron chi connectivity index (χ4n) is 3.26. The number of aryl methyl sites for hydroxylation is 2. The zero-order chi connectivity index (χ0) is 18.6. The molecule has 0 radical (unpaired) electrons. The molecule has 0 bridgehead atoms. The summed E-state index contributed by atoms with van der Waals surface area (Å²) in [4.78, 5) is 5.64. The highest BCUT2D eigenvalue weighted by atomic mass is 16.6. The van der Waals surface area contributed by atoms with Gasteiger partial charge in [-0.05, 0) is 37.6 Å². The van der Waals surface area contributed by atoms with Crippen LogP contribution in [0.2, 0.25) is 0 Å². The Morgan fingerprint density at radius 2 is 1.93 bits per heavy atom. The molecule has 5 nitrogen and oxygen atoms in total. The van der Waals surface area contributed by atoms with Gasteiger partial charge in [-0.15, -0.1) is 0 Å². The zero-order valence-electron chi connectivity index (χ0n) is 15.6. The Balaban J connectivity index is 1.38. The molecule has 1 aliphatic rings. The van der Waals surface area contributed by atoms with Gasteiger partial charge in [0.05, 0.1) is 18.0 Å². The Morgan fingerprint density at radius 3 is 2.70 bits per heavy atom. The maximum absolute atomic E-state index is 5.92. The van der Waals surface area contributed by atoms with Crippen LogP contribution in [-0.4, -0.2) is 21.6 Å². The Hall–Kier alpha value is -3.08. The van der Waals surface area contributed by atoms with Crippen LogP contribution >= 0.6 is 0 Å². The SMILES string of the molecule is Cc1cc(C)n(CC2CC(c3cccc(OCc4ccccc4)c3)=NO2)n1. The van der Waals surface area contributed by atoms with Crippen molar-refractivity contribution in [3.63, 3.8) is 0 Å². The van der Waals surface area contributed by atoms with Crippen molar-refractivity contribution < 1.29 is 9.57 Å². The number of aromatic nitrogens is 2. The predicted molar refractivity (Wildman–Crippen MR) is 105 cm³/mol. The Kier molecular flexibility index (Phi) is 4.92. The number of hydrogen-bond acceptors (Lipinski definition) is 4. The smallest absolute Gasteiger partial charge is 0.152 e. The molecule has 0 amide bonds. The first kappa shape index (κ1) is 17.3. The van der Waals surface area contributed by atoms with Crippen molar-refractivity contribution in [1.29, 1.82) is 0 Å². The van der Waals surface area contributed by atoms with Gasteiger partial charge in [0, 0.05) is 17.7 Å². The third-order valence-electron chi connectivity index (χ3n) is 4.63. The van der Waals surface area contributed by atoms with Gasteiger partial charge in [0.25, 0.3) is 0 Å². The number of ether oxygens (including phenoxy) is 1. The summed E-state index contributed by atoms with van der Waals surface area (Å²) in [5.41, 5.74) is 5.30. The van der Waals surface area contributed by atoms with Gasteiger partial charge in [-0.2, -0.15) is 5.10 Å². The minimum absolute atomic E-state index is 0.00638. The summed E-state index contributed by atoms with van der Waals surface area (Å²) in [7, 11) is 0. The van der Waals surface area contributed by atoms with E-state index in [1.807, 2.05) is 54.1 Å². The highest BCUT2D eigenvalue weighted by Crippen LogP contribution is 2.22. The highest BCUT2D eigenvalue weighted by molar-refractivity contribution is 6.01. The summed E-state index contributed by atoms with van der Waals surface area (Å²) in [5, 5.41) is 8.80. The molecule has 0 saturated carbocycles. The van der Waals surface area contributed by atoms with E-state index in [1.54, 1.807) is 0 Å². The lowest BCUT2D eigenvalue weighted by Crippen LogP contribution is -2.18. The predicted octanol–water partition coefficient (Wildman–Crippen LogP) is 4.27. The van der Waals surface area contributed by atoms with Crippen molar-refractivity contribution in [3.05, 3.63) is 83.2 Å². The van der Waals surface area contributed by atoms with Crippen LogP contribution < -0.4 is 4.74 Å². The maximum atomic E-state index is 5.92. The van der Waals surface area contributed by atoms with Gasteiger partial charge >= 0.3 is 0 Å². The lowest BCUT2D eigenvalue weighted by Gasteiger charge is -2.10. The van der Waals surface area contributed by atoms with Gasteiger partial charge in [0.1, 0.15) is 12.4 Å². The summed E-state index contributed by atoms with van der Waals surface area (Å²) in [6, 6.07) is 20.3. The van der Waals surface area contributed by atoms with Crippen LogP contribution in [-0.2, 0) is 18.0 Å². The van der Waals surface area contributed by atoms with E-state index in [0.717, 1.165) is 40.4 Å². The van der Waals surface area contributed by atoms with E-state index in [2.05, 4.69) is 35.4 Å². The molecule has 1 aromatic heterocycles. The lowest BCUT2D eigenvalue weighted by molar-refractivity contribution is 0.0692. The molecule has 1 unspecified atom stereocenters. The molecule has 5 heteroatoms. The monoisotopic (exact) mass is 361 g/mol. The molecule has 0 spiro atoms. The van der Waals surface area contributed by atoms with Crippen LogP contribution in [0, 0.1) is 13.8 Å². The molecule has 1 atom stereocenters. The second-order valence-electron chi connectivity index (χ2n) is 6.88. The highest BCUT2D eigenvalue weighted by Gasteiger charge is 2.23. The normalized spacial score (nSPS) is 16.1. The molecule has 0 aliphatic carbocycles. The van der Waals surface area contributed by atoms with Gasteiger partial charge < -0.3 is 9.57 Å². The van der Waals surface area contributed by atoms with Gasteiger partial charge in [-0.3, -0.25) is 4.68 Å². The van der Waals surface area contributed by atoms with E-state index in [0.29, 0.717) is 13.2 Å². The fourth-order valence-corrected chi connectivity index (χ4v) is 3.26. The Morgan fingerprint density at radius 1 is 1.07 bits per heavy atom. The van der Waals surface area contributed by atoms with Crippen molar-refractivity contribution in [2.45, 2.75) is 39.5 Å². The van der Waals surface area contributed by atoms with Crippen molar-refractivity contribution >= 4 is 5.71 Å². The van der Waals surface area contributed by atoms with Crippen LogP contribution in [0.4, 0.5) is 0 Å². The maximum Gasteiger partial charge on any atom is 0.152 e. The molecular formula is C22H23N3O2. The summed E-state index contributed by atoms with van der Waals surface area (Å²) in [6.45, 7) is 5.32. The molecule has 2 heterocycles. The van der Waals surface area contributed by atoms with E-state index >= 15 is 0 Å². The van der Waals surface area contributed by atoms with Gasteiger partial charge in [-0.1, -0.05) is 47.6 Å². The molecule has 3 aromatic rings. The largest absolute Gasteiger partial charge is 0.489 e. The molecule has 0 fully saturated rings. The van der Waals surface area contributed by atoms with E-state index in [4.69, 9.17) is 9.57 Å². The minimum Gasteiger partial charge on any atom is -0.489 e. The number of benzene rings is 2. The number of nitrogens with zero attached hydrogens (tertiary/aromatic N) is 3. The molecule has 0 N–H and O–H groups in total. The van der Waals surface area contributed by atoms with E-state index in [1.165, 1.54) is 0 Å². The molecule has 138 valence electrons. The van der Waals surface area contributed by atoms with Crippen molar-refractivity contribution in [3.8, 4) is 5.75 Å². The summed E-state index contributed by atoms with van der Waals surface area (Å²) < 4.78 is 7.91. The van der Waals surface area contributed by atoms with Crippen molar-refractivity contribution in [2.24, 2.45) is 5.16 Å². The molecule has 4 rings (SSSR count). The second-order valence-corrected chi connectivity index (χ2v) is 6.88. The summed E-state index contributed by atoms with van der Waals surface area (Å²) in [5.74, 6) is 0.834. The van der Waals surface area contributed by atoms with E-state index < -0.39 is 0 Å². The summed E-state index contributed by atoms with van der Waals surface area (Å²) >= 11 is 0. The summed E-state index contributed by atoms with van der Waals surface area (Å²) in [6.07, 6.45) is 0.771. The third kappa shape index (κ3) is 4.19. The molecule has 0 saturated heterocycles. The van der Waals surface area contributed by atoms with Gasteiger partial charge in [0.2, 0.25) is 0 Å². The average Bonchev–Trinajstić information content (AvgIpc) is 3.27. The van der Waals surface area contributed by atoms with Crippen LogP contribution in [0.5, 0.6) is 5.75 Å². The number of hydrogen-bond donors (Lipinski definition) is 0. The van der Waals surface area contributed by atoms with Gasteiger partial charge in [0.15, 0.2) is 6.10 Å². The standard InChI is InChI=1S/C22H23N3O2/c1-16-11-17(2)25(23-16)14-21-13-22(24-27-21)19-9-6-10-20(12-19)26-15-18-7-4-3-5-8-18/h3-12,21H,13-15H2,1-2H3. The van der Waals surface area contributed by atoms with E-state index in [-0.39, 0.29) is 6.10 Å². The topological polar surface area (TPSA) is 48.6 Å². The van der Waals surface area contributed by atoms with Crippen LogP contribution in [0.25, 0.3) is 0 Å². The average molecular weight is 361 g/mol. The molecular weight excluding hydrogens is 338 g/mol. The second kappa shape index (κ2) is 7.66. The molecule has 27 heavy (non-hydrogen) atoms. The van der Waals surface area contributed by atoms with E-state index in [9.17, 15) is 0 Å². The van der Waals surface area contributed by atoms with Crippen molar-refractivity contribution in [1.82, 2.24) is 9.78 Å². The third-order valence-corrected chi connectivity index (χ3v) is 4.63.